The molecule has 0 bridgehead atoms. The van der Waals surface area contributed by atoms with Crippen LogP contribution in [-0.4, -0.2) is 52.1 Å². The van der Waals surface area contributed by atoms with Gasteiger partial charge in [-0.25, -0.2) is 14.2 Å². The van der Waals surface area contributed by atoms with E-state index in [4.69, 9.17) is 15.6 Å². The molecule has 2 aromatic carbocycles. The fourth-order valence-corrected chi connectivity index (χ4v) is 6.70. The smallest absolute Gasteiger partial charge is 0.336 e. The molecule has 2 aliphatic carbocycles. The second-order valence-corrected chi connectivity index (χ2v) is 11.1. The Morgan fingerprint density at radius 3 is 2.70 bits per heavy atom. The Balaban J connectivity index is 0.000000176. The molecule has 3 aromatic rings. The summed E-state index contributed by atoms with van der Waals surface area (Å²) in [7, 11) is 0. The van der Waals surface area contributed by atoms with Crippen LogP contribution in [-0.2, 0) is 6.42 Å². The van der Waals surface area contributed by atoms with E-state index in [-0.39, 0.29) is 17.8 Å². The van der Waals surface area contributed by atoms with Crippen molar-refractivity contribution in [3.05, 3.63) is 70.1 Å². The number of nitrogens with two attached hydrogens (primary N) is 1. The minimum absolute atomic E-state index is 0.0677. The van der Waals surface area contributed by atoms with Gasteiger partial charge in [-0.3, -0.25) is 4.79 Å². The summed E-state index contributed by atoms with van der Waals surface area (Å²) in [4.78, 5) is 31.3. The fourth-order valence-electron chi connectivity index (χ4n) is 5.44. The molecule has 0 spiro atoms. The van der Waals surface area contributed by atoms with Crippen LogP contribution in [0.3, 0.4) is 0 Å². The third kappa shape index (κ3) is 4.51. The first-order valence-electron chi connectivity index (χ1n) is 12.7. The van der Waals surface area contributed by atoms with Crippen LogP contribution in [0.2, 0.25) is 0 Å². The average Bonchev–Trinajstić information content (AvgIpc) is 3.74. The Kier molecular flexibility index (Phi) is 6.20. The quantitative estimate of drug-likeness (QED) is 0.504. The minimum atomic E-state index is -0.877. The Bertz CT molecular complexity index is 1370. The number of carbonyl (C=O) groups excluding carboxylic acids is 1. The first kappa shape index (κ1) is 24.1. The molecule has 7 rings (SSSR count). The average molecular weight is 522 g/mol. The van der Waals surface area contributed by atoms with Gasteiger partial charge in [0, 0.05) is 42.1 Å². The highest BCUT2D eigenvalue weighted by Gasteiger charge is 2.54. The molecule has 2 saturated carbocycles. The first-order chi connectivity index (χ1) is 18.0. The van der Waals surface area contributed by atoms with Crippen LogP contribution in [0.25, 0.3) is 10.4 Å². The number of fused-ring (bicyclic) bond motifs is 2. The van der Waals surface area contributed by atoms with Crippen LogP contribution in [0.15, 0.2) is 42.5 Å². The molecular formula is C28H28FN3O4S. The number of nitrogens with zero attached hydrogens (tertiary/aromatic N) is 2. The summed E-state index contributed by atoms with van der Waals surface area (Å²) in [5.41, 5.74) is 7.98. The molecule has 1 amide bonds. The van der Waals surface area contributed by atoms with Crippen molar-refractivity contribution in [2.24, 2.45) is 11.7 Å². The highest BCUT2D eigenvalue weighted by molar-refractivity contribution is 7.15. The number of carboxylic acids is 1. The predicted molar refractivity (Wildman–Crippen MR) is 138 cm³/mol. The van der Waals surface area contributed by atoms with E-state index in [1.54, 1.807) is 36.4 Å². The zero-order chi connectivity index (χ0) is 25.7. The van der Waals surface area contributed by atoms with Gasteiger partial charge in [0.1, 0.15) is 17.3 Å². The summed E-state index contributed by atoms with van der Waals surface area (Å²) in [6.07, 6.45) is 4.98. The molecule has 1 saturated heterocycles. The molecule has 4 aliphatic rings. The van der Waals surface area contributed by atoms with E-state index in [0.29, 0.717) is 59.1 Å². The number of thiazole rings is 1. The van der Waals surface area contributed by atoms with Crippen molar-refractivity contribution in [3.63, 3.8) is 0 Å². The van der Waals surface area contributed by atoms with Crippen LogP contribution >= 0.6 is 11.3 Å². The summed E-state index contributed by atoms with van der Waals surface area (Å²) in [6, 6.07) is 12.2. The maximum Gasteiger partial charge on any atom is 0.336 e. The standard InChI is InChI=1S/C19H20FN3OS.C9H8O3/c20-14-4-2-1-3-13(14)17-16(22-18(25-17)10-5-6-10)19(24)23-12(9-21)7-11-8-15(11)23;10-9(11)7-2-1-3-8-6(7)4-5-12-8/h1-4,10-12,15H,5-9,21H2;1-3H,4-5H2,(H,10,11)/t11-,12+,15+;/m1./s1. The van der Waals surface area contributed by atoms with Crippen molar-refractivity contribution >= 4 is 23.2 Å². The lowest BCUT2D eigenvalue weighted by molar-refractivity contribution is 0.0689. The van der Waals surface area contributed by atoms with E-state index in [2.05, 4.69) is 4.98 Å². The fraction of sp³-hybridized carbons (Fsp3) is 0.393. The van der Waals surface area contributed by atoms with Crippen molar-refractivity contribution in [2.45, 2.75) is 50.1 Å². The highest BCUT2D eigenvalue weighted by atomic mass is 32.1. The van der Waals surface area contributed by atoms with Gasteiger partial charge in [0.25, 0.3) is 5.91 Å². The van der Waals surface area contributed by atoms with Crippen molar-refractivity contribution in [3.8, 4) is 16.2 Å². The number of piperidine rings is 1. The van der Waals surface area contributed by atoms with Gasteiger partial charge in [-0.2, -0.15) is 0 Å². The molecule has 2 aliphatic heterocycles. The van der Waals surface area contributed by atoms with Gasteiger partial charge in [0.05, 0.1) is 22.1 Å². The molecule has 7 nitrogen and oxygen atoms in total. The Morgan fingerprint density at radius 1 is 1.16 bits per heavy atom. The second-order valence-electron chi connectivity index (χ2n) is 10.1. The van der Waals surface area contributed by atoms with Crippen molar-refractivity contribution in [1.29, 1.82) is 0 Å². The molecule has 1 aromatic heterocycles. The molecule has 3 atom stereocenters. The number of rotatable bonds is 5. The monoisotopic (exact) mass is 521 g/mol. The van der Waals surface area contributed by atoms with Crippen molar-refractivity contribution < 1.29 is 23.8 Å². The largest absolute Gasteiger partial charge is 0.493 e. The van der Waals surface area contributed by atoms with Crippen LogP contribution in [0.5, 0.6) is 5.75 Å². The maximum absolute atomic E-state index is 14.4. The number of hydrogen-bond acceptors (Lipinski definition) is 6. The first-order valence-corrected chi connectivity index (χ1v) is 13.5. The predicted octanol–water partition coefficient (Wildman–Crippen LogP) is 4.71. The van der Waals surface area contributed by atoms with Crippen LogP contribution in [0.4, 0.5) is 4.39 Å². The van der Waals surface area contributed by atoms with Crippen LogP contribution < -0.4 is 10.5 Å². The van der Waals surface area contributed by atoms with E-state index < -0.39 is 5.97 Å². The van der Waals surface area contributed by atoms with E-state index in [1.807, 2.05) is 4.90 Å². The number of aromatic nitrogens is 1. The summed E-state index contributed by atoms with van der Waals surface area (Å²) >= 11 is 1.48. The number of ether oxygens (including phenoxy) is 1. The molecule has 37 heavy (non-hydrogen) atoms. The van der Waals surface area contributed by atoms with Gasteiger partial charge in [-0.15, -0.1) is 11.3 Å². The number of aromatic carboxylic acids is 1. The minimum Gasteiger partial charge on any atom is -0.493 e. The summed E-state index contributed by atoms with van der Waals surface area (Å²) in [5, 5.41) is 9.76. The number of likely N-dealkylation sites (tertiary alicyclic amines) is 1. The lowest BCUT2D eigenvalue weighted by atomic mass is 10.1. The second kappa shape index (κ2) is 9.54. The van der Waals surface area contributed by atoms with Crippen LogP contribution in [0.1, 0.15) is 63.0 Å². The highest BCUT2D eigenvalue weighted by Crippen LogP contribution is 2.50. The number of benzene rings is 2. The molecule has 0 unspecified atom stereocenters. The molecule has 3 N–H and O–H groups in total. The van der Waals surface area contributed by atoms with Crippen LogP contribution in [0, 0.1) is 11.7 Å². The SMILES string of the molecule is NC[C@@H]1C[C@@H]2C[C@@H]2N1C(=O)c1nc(C2CC2)sc1-c1ccccc1F.O=C(O)c1cccc2c1CCO2. The summed E-state index contributed by atoms with van der Waals surface area (Å²) in [5.74, 6) is 0.503. The topological polar surface area (TPSA) is 106 Å². The molecular weight excluding hydrogens is 493 g/mol. The summed E-state index contributed by atoms with van der Waals surface area (Å²) < 4.78 is 19.6. The van der Waals surface area contributed by atoms with Crippen molar-refractivity contribution in [2.75, 3.05) is 13.2 Å². The van der Waals surface area contributed by atoms with E-state index >= 15 is 0 Å². The Hall–Kier alpha value is -3.30. The molecule has 3 heterocycles. The zero-order valence-electron chi connectivity index (χ0n) is 20.2. The van der Waals surface area contributed by atoms with Crippen molar-refractivity contribution in [1.82, 2.24) is 9.88 Å². The molecule has 9 heteroatoms. The maximum atomic E-state index is 14.4. The Morgan fingerprint density at radius 2 is 1.97 bits per heavy atom. The Labute approximate surface area is 218 Å². The molecule has 0 radical (unpaired) electrons. The van der Waals surface area contributed by atoms with E-state index in [0.717, 1.165) is 42.0 Å². The third-order valence-electron chi connectivity index (χ3n) is 7.58. The number of halogens is 1. The van der Waals surface area contributed by atoms with Gasteiger partial charge in [0.2, 0.25) is 0 Å². The van der Waals surface area contributed by atoms with Gasteiger partial charge in [-0.05, 0) is 49.8 Å². The van der Waals surface area contributed by atoms with E-state index in [1.165, 1.54) is 17.4 Å². The normalized spacial score (nSPS) is 23.0. The number of amides is 1. The zero-order valence-corrected chi connectivity index (χ0v) is 21.0. The molecule has 3 fully saturated rings. The van der Waals surface area contributed by atoms with Gasteiger partial charge in [0.15, 0.2) is 0 Å². The third-order valence-corrected chi connectivity index (χ3v) is 8.83. The number of carboxylic acid groups (broad SMARTS) is 1. The van der Waals surface area contributed by atoms with Gasteiger partial charge >= 0.3 is 5.97 Å². The lowest BCUT2D eigenvalue weighted by Gasteiger charge is -2.26. The summed E-state index contributed by atoms with van der Waals surface area (Å²) in [6.45, 7) is 1.08. The number of hydrogen-bond donors (Lipinski definition) is 2. The number of carbonyl (C=O) groups is 2. The van der Waals surface area contributed by atoms with Gasteiger partial charge in [-0.1, -0.05) is 24.3 Å². The lowest BCUT2D eigenvalue weighted by Crippen LogP contribution is -2.42. The molecule has 192 valence electrons. The van der Waals surface area contributed by atoms with Gasteiger partial charge < -0.3 is 20.5 Å². The van der Waals surface area contributed by atoms with E-state index in [9.17, 15) is 14.0 Å².